The van der Waals surface area contributed by atoms with Crippen molar-refractivity contribution in [1.29, 1.82) is 0 Å². The lowest BCUT2D eigenvalue weighted by molar-refractivity contribution is 0.989. The first-order chi connectivity index (χ1) is 6.22. The van der Waals surface area contributed by atoms with Crippen LogP contribution in [0.5, 0.6) is 0 Å². The Kier molecular flexibility index (Phi) is 1.81. The van der Waals surface area contributed by atoms with Gasteiger partial charge in [0.25, 0.3) is 0 Å². The molecule has 0 aliphatic heterocycles. The molecule has 0 bridgehead atoms. The number of nitrogens with zero attached hydrogens (tertiary/aromatic N) is 2. The number of pyridine rings is 1. The van der Waals surface area contributed by atoms with Gasteiger partial charge in [0.2, 0.25) is 0 Å². The number of imidazole rings is 1. The number of hydrogen-bond donors (Lipinski definition) is 1. The molecule has 3 heteroatoms. The fourth-order valence-electron chi connectivity index (χ4n) is 1.57. The molecule has 2 rings (SSSR count). The topological polar surface area (TPSA) is 43.3 Å². The van der Waals surface area contributed by atoms with Crippen LogP contribution in [0.3, 0.4) is 0 Å². The van der Waals surface area contributed by atoms with Gasteiger partial charge in [-0.2, -0.15) is 0 Å². The number of nitrogens with two attached hydrogens (primary N) is 1. The van der Waals surface area contributed by atoms with Crippen molar-refractivity contribution in [2.24, 2.45) is 5.73 Å². The first-order valence-electron chi connectivity index (χ1n) is 4.36. The van der Waals surface area contributed by atoms with Crippen LogP contribution in [0.1, 0.15) is 17.1 Å². The Morgan fingerprint density at radius 3 is 2.85 bits per heavy atom. The monoisotopic (exact) mass is 175 g/mol. The van der Waals surface area contributed by atoms with Gasteiger partial charge in [0.1, 0.15) is 5.82 Å². The van der Waals surface area contributed by atoms with Gasteiger partial charge in [0, 0.05) is 12.7 Å². The fraction of sp³-hybridized carbons (Fsp3) is 0.300. The normalized spacial score (nSPS) is 11.0. The highest BCUT2D eigenvalue weighted by Gasteiger charge is 2.05. The maximum Gasteiger partial charge on any atom is 0.110 e. The molecule has 2 N–H and O–H groups in total. The second kappa shape index (κ2) is 2.85. The largest absolute Gasteiger partial charge is 0.325 e. The molecule has 2 aromatic heterocycles. The van der Waals surface area contributed by atoms with Crippen LogP contribution in [0.25, 0.3) is 5.52 Å². The second-order valence-corrected chi connectivity index (χ2v) is 3.27. The molecule has 0 atom stereocenters. The van der Waals surface area contributed by atoms with Crippen molar-refractivity contribution in [3.63, 3.8) is 0 Å². The van der Waals surface area contributed by atoms with Crippen LogP contribution < -0.4 is 5.73 Å². The van der Waals surface area contributed by atoms with Crippen molar-refractivity contribution in [3.05, 3.63) is 35.4 Å². The quantitative estimate of drug-likeness (QED) is 0.712. The minimum absolute atomic E-state index is 0.500. The number of rotatable bonds is 1. The SMILES string of the molecule is Cc1ccc2c(CN)nc(C)n2c1. The van der Waals surface area contributed by atoms with E-state index >= 15 is 0 Å². The number of aryl methyl sites for hydroxylation is 2. The molecular weight excluding hydrogens is 162 g/mol. The third kappa shape index (κ3) is 1.21. The van der Waals surface area contributed by atoms with Gasteiger partial charge in [0.05, 0.1) is 11.2 Å². The molecule has 0 fully saturated rings. The molecule has 0 aromatic carbocycles. The molecule has 68 valence electrons. The van der Waals surface area contributed by atoms with Crippen molar-refractivity contribution in [2.45, 2.75) is 20.4 Å². The first-order valence-corrected chi connectivity index (χ1v) is 4.36. The van der Waals surface area contributed by atoms with E-state index in [-0.39, 0.29) is 0 Å². The van der Waals surface area contributed by atoms with E-state index in [0.717, 1.165) is 17.0 Å². The highest BCUT2D eigenvalue weighted by Crippen LogP contribution is 2.13. The molecule has 0 saturated heterocycles. The summed E-state index contributed by atoms with van der Waals surface area (Å²) in [5.74, 6) is 0.999. The predicted molar refractivity (Wildman–Crippen MR) is 52.6 cm³/mol. The molecule has 3 nitrogen and oxygen atoms in total. The Bertz CT molecular complexity index is 443. The minimum atomic E-state index is 0.500. The van der Waals surface area contributed by atoms with E-state index in [2.05, 4.69) is 34.6 Å². The molecular formula is C10H13N3. The van der Waals surface area contributed by atoms with Crippen molar-refractivity contribution in [2.75, 3.05) is 0 Å². The molecule has 0 aliphatic carbocycles. The standard InChI is InChI=1S/C10H13N3/c1-7-3-4-10-9(5-11)12-8(2)13(10)6-7/h3-4,6H,5,11H2,1-2H3. The van der Waals surface area contributed by atoms with Crippen molar-refractivity contribution in [3.8, 4) is 0 Å². The first kappa shape index (κ1) is 8.26. The molecule has 0 spiro atoms. The Hall–Kier alpha value is -1.35. The average molecular weight is 175 g/mol. The van der Waals surface area contributed by atoms with E-state index in [9.17, 15) is 0 Å². The number of fused-ring (bicyclic) bond motifs is 1. The Balaban J connectivity index is 2.80. The fourth-order valence-corrected chi connectivity index (χ4v) is 1.57. The zero-order chi connectivity index (χ0) is 9.42. The lowest BCUT2D eigenvalue weighted by atomic mass is 10.2. The van der Waals surface area contributed by atoms with Gasteiger partial charge in [-0.1, -0.05) is 6.07 Å². The van der Waals surface area contributed by atoms with Crippen LogP contribution in [0, 0.1) is 13.8 Å². The summed E-state index contributed by atoms with van der Waals surface area (Å²) in [7, 11) is 0. The molecule has 0 saturated carbocycles. The predicted octanol–water partition coefficient (Wildman–Crippen LogP) is 1.41. The van der Waals surface area contributed by atoms with Crippen molar-refractivity contribution >= 4 is 5.52 Å². The third-order valence-electron chi connectivity index (χ3n) is 2.23. The number of hydrogen-bond acceptors (Lipinski definition) is 2. The van der Waals surface area contributed by atoms with Crippen LogP contribution >= 0.6 is 0 Å². The van der Waals surface area contributed by atoms with Crippen LogP contribution in [0.15, 0.2) is 18.3 Å². The second-order valence-electron chi connectivity index (χ2n) is 3.27. The lowest BCUT2D eigenvalue weighted by Crippen LogP contribution is -1.97. The Morgan fingerprint density at radius 1 is 1.38 bits per heavy atom. The van der Waals surface area contributed by atoms with E-state index in [1.807, 2.05) is 6.92 Å². The summed E-state index contributed by atoms with van der Waals surface area (Å²) in [4.78, 5) is 4.39. The maximum atomic E-state index is 5.59. The smallest absolute Gasteiger partial charge is 0.110 e. The highest BCUT2D eigenvalue weighted by molar-refractivity contribution is 5.53. The summed E-state index contributed by atoms with van der Waals surface area (Å²) in [6.07, 6.45) is 2.08. The summed E-state index contributed by atoms with van der Waals surface area (Å²) < 4.78 is 2.08. The van der Waals surface area contributed by atoms with E-state index < -0.39 is 0 Å². The molecule has 13 heavy (non-hydrogen) atoms. The maximum absolute atomic E-state index is 5.59. The van der Waals surface area contributed by atoms with E-state index in [1.54, 1.807) is 0 Å². The van der Waals surface area contributed by atoms with Crippen molar-refractivity contribution in [1.82, 2.24) is 9.38 Å². The van der Waals surface area contributed by atoms with Gasteiger partial charge in [-0.25, -0.2) is 4.98 Å². The van der Waals surface area contributed by atoms with Crippen molar-refractivity contribution < 1.29 is 0 Å². The molecule has 0 radical (unpaired) electrons. The summed E-state index contributed by atoms with van der Waals surface area (Å²) in [5.41, 5.74) is 8.91. The number of aromatic nitrogens is 2. The van der Waals surface area contributed by atoms with E-state index in [0.29, 0.717) is 6.54 Å². The van der Waals surface area contributed by atoms with Crippen LogP contribution in [0.4, 0.5) is 0 Å². The van der Waals surface area contributed by atoms with Gasteiger partial charge < -0.3 is 10.1 Å². The van der Waals surface area contributed by atoms with E-state index in [4.69, 9.17) is 5.73 Å². The molecule has 2 heterocycles. The summed E-state index contributed by atoms with van der Waals surface area (Å²) in [6.45, 7) is 4.56. The molecule has 0 unspecified atom stereocenters. The third-order valence-corrected chi connectivity index (χ3v) is 2.23. The summed E-state index contributed by atoms with van der Waals surface area (Å²) in [6, 6.07) is 4.15. The average Bonchev–Trinajstić information content (AvgIpc) is 2.43. The van der Waals surface area contributed by atoms with Crippen LogP contribution in [-0.2, 0) is 6.54 Å². The van der Waals surface area contributed by atoms with Crippen LogP contribution in [-0.4, -0.2) is 9.38 Å². The zero-order valence-corrected chi connectivity index (χ0v) is 7.91. The van der Waals surface area contributed by atoms with Gasteiger partial charge in [0.15, 0.2) is 0 Å². The summed E-state index contributed by atoms with van der Waals surface area (Å²) >= 11 is 0. The van der Waals surface area contributed by atoms with Gasteiger partial charge in [-0.3, -0.25) is 0 Å². The molecule has 0 aliphatic rings. The molecule has 2 aromatic rings. The Labute approximate surface area is 77.2 Å². The minimum Gasteiger partial charge on any atom is -0.325 e. The Morgan fingerprint density at radius 2 is 2.15 bits per heavy atom. The highest BCUT2D eigenvalue weighted by atomic mass is 15.0. The lowest BCUT2D eigenvalue weighted by Gasteiger charge is -1.98. The van der Waals surface area contributed by atoms with Crippen LogP contribution in [0.2, 0.25) is 0 Å². The van der Waals surface area contributed by atoms with Gasteiger partial charge >= 0.3 is 0 Å². The zero-order valence-electron chi connectivity index (χ0n) is 7.91. The van der Waals surface area contributed by atoms with E-state index in [1.165, 1.54) is 5.56 Å². The van der Waals surface area contributed by atoms with Gasteiger partial charge in [-0.05, 0) is 25.5 Å². The summed E-state index contributed by atoms with van der Waals surface area (Å²) in [5, 5.41) is 0. The van der Waals surface area contributed by atoms with Gasteiger partial charge in [-0.15, -0.1) is 0 Å². The molecule has 0 amide bonds.